The van der Waals surface area contributed by atoms with Crippen LogP contribution < -0.4 is 5.73 Å². The molecule has 0 amide bonds. The summed E-state index contributed by atoms with van der Waals surface area (Å²) in [6, 6.07) is 0. The highest BCUT2D eigenvalue weighted by Gasteiger charge is 2.07. The number of nitrogen functional groups attached to an aromatic ring is 1. The molecule has 2 N–H and O–H groups in total. The third kappa shape index (κ3) is 3.26. The molecule has 0 radical (unpaired) electrons. The Hall–Kier alpha value is -1.34. The predicted octanol–water partition coefficient (Wildman–Crippen LogP) is 1.29. The molecule has 1 rings (SSSR count). The lowest BCUT2D eigenvalue weighted by Gasteiger charge is -2.03. The number of nitrogens with two attached hydrogens (primary N) is 1. The molecule has 3 nitrogen and oxygen atoms in total. The quantitative estimate of drug-likeness (QED) is 0.496. The van der Waals surface area contributed by atoms with E-state index < -0.39 is 8.07 Å². The molecule has 4 heteroatoms. The molecule has 0 atom stereocenters. The van der Waals surface area contributed by atoms with Gasteiger partial charge in [0, 0.05) is 0 Å². The van der Waals surface area contributed by atoms with E-state index in [4.69, 9.17) is 5.73 Å². The number of hydrogen-bond acceptors (Lipinski definition) is 3. The van der Waals surface area contributed by atoms with Crippen molar-refractivity contribution in [3.63, 3.8) is 0 Å². The zero-order valence-electron chi connectivity index (χ0n) is 8.13. The van der Waals surface area contributed by atoms with Gasteiger partial charge in [-0.05, 0) is 0 Å². The van der Waals surface area contributed by atoms with Crippen molar-refractivity contribution < 1.29 is 0 Å². The molecule has 0 aromatic carbocycles. The van der Waals surface area contributed by atoms with Crippen molar-refractivity contribution in [2.75, 3.05) is 5.73 Å². The van der Waals surface area contributed by atoms with Gasteiger partial charge in [-0.2, -0.15) is 10.2 Å². The molecule has 1 aromatic rings. The standard InChI is InChI=1S/C9H13N3Si/c1-13(2,3)5-4-8-6-11-12-7-9(8)10/h6-7H,1-3H3,(H2,10,11). The molecule has 13 heavy (non-hydrogen) atoms. The van der Waals surface area contributed by atoms with E-state index in [1.54, 1.807) is 6.20 Å². The highest BCUT2D eigenvalue weighted by Crippen LogP contribution is 2.05. The molecule has 0 saturated heterocycles. The Morgan fingerprint density at radius 2 is 1.85 bits per heavy atom. The second kappa shape index (κ2) is 3.58. The number of nitrogens with zero attached hydrogens (tertiary/aromatic N) is 2. The number of aromatic nitrogens is 2. The van der Waals surface area contributed by atoms with Crippen molar-refractivity contribution in [1.82, 2.24) is 10.2 Å². The van der Waals surface area contributed by atoms with Crippen LogP contribution in [-0.2, 0) is 0 Å². The summed E-state index contributed by atoms with van der Waals surface area (Å²) >= 11 is 0. The van der Waals surface area contributed by atoms with Gasteiger partial charge in [-0.1, -0.05) is 25.6 Å². The van der Waals surface area contributed by atoms with Crippen LogP contribution in [0.2, 0.25) is 19.6 Å². The van der Waals surface area contributed by atoms with E-state index in [-0.39, 0.29) is 0 Å². The van der Waals surface area contributed by atoms with Gasteiger partial charge in [-0.3, -0.25) is 0 Å². The monoisotopic (exact) mass is 191 g/mol. The molecule has 1 heterocycles. The normalized spacial score (nSPS) is 10.4. The summed E-state index contributed by atoms with van der Waals surface area (Å²) in [5, 5.41) is 7.39. The molecule has 0 spiro atoms. The highest BCUT2D eigenvalue weighted by molar-refractivity contribution is 6.83. The maximum atomic E-state index is 5.66. The van der Waals surface area contributed by atoms with Crippen LogP contribution in [0.5, 0.6) is 0 Å². The molecule has 0 bridgehead atoms. The number of anilines is 1. The van der Waals surface area contributed by atoms with Crippen LogP contribution in [0.4, 0.5) is 5.69 Å². The van der Waals surface area contributed by atoms with Gasteiger partial charge >= 0.3 is 0 Å². The first-order valence-corrected chi connectivity index (χ1v) is 7.58. The topological polar surface area (TPSA) is 51.8 Å². The van der Waals surface area contributed by atoms with Crippen LogP contribution in [0.1, 0.15) is 5.56 Å². The summed E-state index contributed by atoms with van der Waals surface area (Å²) in [6.45, 7) is 6.56. The number of rotatable bonds is 0. The average molecular weight is 191 g/mol. The van der Waals surface area contributed by atoms with Gasteiger partial charge in [-0.25, -0.2) is 0 Å². The largest absolute Gasteiger partial charge is 0.396 e. The SMILES string of the molecule is C[Si](C)(C)C#Cc1cnncc1N. The minimum absolute atomic E-state index is 0.598. The van der Waals surface area contributed by atoms with Crippen molar-refractivity contribution in [2.45, 2.75) is 19.6 Å². The molecular weight excluding hydrogens is 178 g/mol. The van der Waals surface area contributed by atoms with Gasteiger partial charge in [-0.15, -0.1) is 5.54 Å². The van der Waals surface area contributed by atoms with E-state index in [0.29, 0.717) is 5.69 Å². The summed E-state index contributed by atoms with van der Waals surface area (Å²) in [5.74, 6) is 3.04. The first kappa shape index (κ1) is 9.74. The summed E-state index contributed by atoms with van der Waals surface area (Å²) in [4.78, 5) is 0. The van der Waals surface area contributed by atoms with Crippen molar-refractivity contribution in [2.24, 2.45) is 0 Å². The van der Waals surface area contributed by atoms with Gasteiger partial charge < -0.3 is 5.73 Å². The van der Waals surface area contributed by atoms with Gasteiger partial charge in [0.2, 0.25) is 0 Å². The van der Waals surface area contributed by atoms with E-state index in [2.05, 4.69) is 41.3 Å². The van der Waals surface area contributed by atoms with Crippen LogP contribution in [0.3, 0.4) is 0 Å². The molecule has 0 aliphatic heterocycles. The van der Waals surface area contributed by atoms with E-state index in [1.807, 2.05) is 0 Å². The average Bonchev–Trinajstić information content (AvgIpc) is 2.01. The Morgan fingerprint density at radius 3 is 2.38 bits per heavy atom. The van der Waals surface area contributed by atoms with Crippen LogP contribution in [0.15, 0.2) is 12.4 Å². The maximum absolute atomic E-state index is 5.66. The Labute approximate surface area is 79.4 Å². The second-order valence-corrected chi connectivity index (χ2v) is 8.61. The molecule has 0 aliphatic rings. The maximum Gasteiger partial charge on any atom is 0.129 e. The Balaban J connectivity index is 2.97. The first-order chi connectivity index (χ1) is 5.99. The number of hydrogen-bond donors (Lipinski definition) is 1. The fourth-order valence-corrected chi connectivity index (χ4v) is 1.20. The lowest BCUT2D eigenvalue weighted by Crippen LogP contribution is -2.16. The Morgan fingerprint density at radius 1 is 1.23 bits per heavy atom. The van der Waals surface area contributed by atoms with Crippen molar-refractivity contribution in [3.8, 4) is 11.5 Å². The van der Waals surface area contributed by atoms with Crippen molar-refractivity contribution in [1.29, 1.82) is 0 Å². The Bertz CT molecular complexity index is 357. The third-order valence-electron chi connectivity index (χ3n) is 1.33. The summed E-state index contributed by atoms with van der Waals surface area (Å²) in [6.07, 6.45) is 3.12. The first-order valence-electron chi connectivity index (χ1n) is 4.08. The lowest BCUT2D eigenvalue weighted by atomic mass is 10.3. The van der Waals surface area contributed by atoms with Crippen LogP contribution in [-0.4, -0.2) is 18.3 Å². The summed E-state index contributed by atoms with van der Waals surface area (Å²) in [5.41, 5.74) is 10.3. The fraction of sp³-hybridized carbons (Fsp3) is 0.333. The highest BCUT2D eigenvalue weighted by atomic mass is 28.3. The molecule has 0 saturated carbocycles. The lowest BCUT2D eigenvalue weighted by molar-refractivity contribution is 1.03. The fourth-order valence-electron chi connectivity index (χ4n) is 0.690. The molecular formula is C9H13N3Si. The molecule has 0 fully saturated rings. The van der Waals surface area contributed by atoms with E-state index in [0.717, 1.165) is 5.56 Å². The van der Waals surface area contributed by atoms with E-state index >= 15 is 0 Å². The Kier molecular flexibility index (Phi) is 2.68. The minimum Gasteiger partial charge on any atom is -0.396 e. The molecule has 1 aromatic heterocycles. The molecule has 68 valence electrons. The van der Waals surface area contributed by atoms with Crippen LogP contribution >= 0.6 is 0 Å². The van der Waals surface area contributed by atoms with Crippen LogP contribution in [0.25, 0.3) is 0 Å². The predicted molar refractivity (Wildman–Crippen MR) is 56.7 cm³/mol. The minimum atomic E-state index is -1.33. The molecule has 0 aliphatic carbocycles. The van der Waals surface area contributed by atoms with Gasteiger partial charge in [0.15, 0.2) is 0 Å². The van der Waals surface area contributed by atoms with E-state index in [9.17, 15) is 0 Å². The summed E-state index contributed by atoms with van der Waals surface area (Å²) in [7, 11) is -1.33. The van der Waals surface area contributed by atoms with E-state index in [1.165, 1.54) is 6.20 Å². The zero-order chi connectivity index (χ0) is 9.90. The second-order valence-electron chi connectivity index (χ2n) is 3.86. The van der Waals surface area contributed by atoms with Gasteiger partial charge in [0.25, 0.3) is 0 Å². The summed E-state index contributed by atoms with van der Waals surface area (Å²) < 4.78 is 0. The van der Waals surface area contributed by atoms with Crippen molar-refractivity contribution >= 4 is 13.8 Å². The van der Waals surface area contributed by atoms with Crippen LogP contribution in [0, 0.1) is 11.5 Å². The molecule has 0 unspecified atom stereocenters. The van der Waals surface area contributed by atoms with Crippen molar-refractivity contribution in [3.05, 3.63) is 18.0 Å². The van der Waals surface area contributed by atoms with Gasteiger partial charge in [0.1, 0.15) is 8.07 Å². The third-order valence-corrected chi connectivity index (χ3v) is 2.21. The zero-order valence-corrected chi connectivity index (χ0v) is 9.13. The smallest absolute Gasteiger partial charge is 0.129 e. The van der Waals surface area contributed by atoms with Gasteiger partial charge in [0.05, 0.1) is 23.6 Å².